The average molecular weight is 416 g/mol. The summed E-state index contributed by atoms with van der Waals surface area (Å²) in [6.45, 7) is 10.9. The average Bonchev–Trinajstić information content (AvgIpc) is 3.41. The molecule has 3 heterocycles. The number of carbonyl (C=O) groups is 1. The molecule has 2 aromatic heterocycles. The fourth-order valence-electron chi connectivity index (χ4n) is 4.27. The zero-order valence-corrected chi connectivity index (χ0v) is 18.7. The second kappa shape index (κ2) is 8.56. The van der Waals surface area contributed by atoms with Crippen LogP contribution in [0.2, 0.25) is 0 Å². The summed E-state index contributed by atoms with van der Waals surface area (Å²) in [6, 6.07) is 2.37. The lowest BCUT2D eigenvalue weighted by Gasteiger charge is -2.21. The van der Waals surface area contributed by atoms with E-state index in [1.807, 2.05) is 21.8 Å². The van der Waals surface area contributed by atoms with E-state index in [1.54, 1.807) is 11.3 Å². The van der Waals surface area contributed by atoms with Crippen LogP contribution in [0.4, 0.5) is 0 Å². The first-order chi connectivity index (χ1) is 13.9. The van der Waals surface area contributed by atoms with Gasteiger partial charge in [0.2, 0.25) is 0 Å². The molecule has 0 atom stereocenters. The lowest BCUT2D eigenvalue weighted by atomic mass is 9.98. The molecule has 0 unspecified atom stereocenters. The maximum atomic E-state index is 13.0. The molecule has 7 heteroatoms. The van der Waals surface area contributed by atoms with Gasteiger partial charge >= 0.3 is 0 Å². The van der Waals surface area contributed by atoms with Crippen LogP contribution >= 0.6 is 11.3 Å². The van der Waals surface area contributed by atoms with E-state index in [1.165, 1.54) is 30.7 Å². The van der Waals surface area contributed by atoms with E-state index >= 15 is 0 Å². The van der Waals surface area contributed by atoms with Gasteiger partial charge in [-0.1, -0.05) is 33.6 Å². The molecule has 1 amide bonds. The Labute approximate surface area is 177 Å². The van der Waals surface area contributed by atoms with Gasteiger partial charge in [-0.15, -0.1) is 11.3 Å². The monoisotopic (exact) mass is 415 g/mol. The highest BCUT2D eigenvalue weighted by Crippen LogP contribution is 2.29. The van der Waals surface area contributed by atoms with Crippen LogP contribution in [-0.4, -0.2) is 56.7 Å². The Balaban J connectivity index is 1.33. The Hall–Kier alpha value is -1.73. The molecule has 2 fully saturated rings. The van der Waals surface area contributed by atoms with E-state index in [9.17, 15) is 4.79 Å². The zero-order valence-electron chi connectivity index (χ0n) is 17.9. The van der Waals surface area contributed by atoms with Crippen LogP contribution in [0, 0.1) is 0 Å². The van der Waals surface area contributed by atoms with E-state index in [-0.39, 0.29) is 11.3 Å². The Morgan fingerprint density at radius 2 is 1.93 bits per heavy atom. The molecule has 158 valence electrons. The number of rotatable bonds is 4. The summed E-state index contributed by atoms with van der Waals surface area (Å²) in [7, 11) is 0. The minimum absolute atomic E-state index is 0.0762. The zero-order chi connectivity index (χ0) is 20.4. The third-order valence-electron chi connectivity index (χ3n) is 5.98. The molecule has 1 aliphatic heterocycles. The summed E-state index contributed by atoms with van der Waals surface area (Å²) in [6.07, 6.45) is 7.88. The second-order valence-corrected chi connectivity index (χ2v) is 10.3. The smallest absolute Gasteiger partial charge is 0.274 e. The van der Waals surface area contributed by atoms with Crippen molar-refractivity contribution in [3.63, 3.8) is 0 Å². The van der Waals surface area contributed by atoms with Gasteiger partial charge in [0.1, 0.15) is 5.69 Å². The molecule has 0 bridgehead atoms. The van der Waals surface area contributed by atoms with Gasteiger partial charge in [-0.3, -0.25) is 14.4 Å². The van der Waals surface area contributed by atoms with Gasteiger partial charge in [0.05, 0.1) is 16.7 Å². The normalized spacial score (nSPS) is 19.6. The van der Waals surface area contributed by atoms with Gasteiger partial charge < -0.3 is 4.90 Å². The van der Waals surface area contributed by atoms with Crippen molar-refractivity contribution in [1.29, 1.82) is 0 Å². The first kappa shape index (κ1) is 20.5. The molecule has 6 nitrogen and oxygen atoms in total. The first-order valence-corrected chi connectivity index (χ1v) is 11.8. The van der Waals surface area contributed by atoms with Crippen molar-refractivity contribution in [3.8, 4) is 0 Å². The molecule has 0 N–H and O–H groups in total. The molecule has 0 spiro atoms. The second-order valence-electron chi connectivity index (χ2n) is 9.44. The fraction of sp³-hybridized carbons (Fsp3) is 0.682. The van der Waals surface area contributed by atoms with Gasteiger partial charge in [-0.25, -0.2) is 4.98 Å². The van der Waals surface area contributed by atoms with Crippen LogP contribution in [-0.2, 0) is 12.0 Å². The largest absolute Gasteiger partial charge is 0.336 e. The van der Waals surface area contributed by atoms with E-state index in [2.05, 4.69) is 36.1 Å². The summed E-state index contributed by atoms with van der Waals surface area (Å²) in [5.41, 5.74) is 1.85. The van der Waals surface area contributed by atoms with E-state index in [0.717, 1.165) is 44.8 Å². The van der Waals surface area contributed by atoms with Crippen LogP contribution in [0.15, 0.2) is 17.6 Å². The van der Waals surface area contributed by atoms with Crippen LogP contribution in [0.3, 0.4) is 0 Å². The van der Waals surface area contributed by atoms with Gasteiger partial charge in [0.25, 0.3) is 5.91 Å². The Morgan fingerprint density at radius 3 is 2.66 bits per heavy atom. The summed E-state index contributed by atoms with van der Waals surface area (Å²) in [5, 5.41) is 7.99. The number of thiazole rings is 1. The van der Waals surface area contributed by atoms with Crippen LogP contribution in [0.1, 0.15) is 80.1 Å². The molecule has 2 aromatic rings. The highest BCUT2D eigenvalue weighted by atomic mass is 32.1. The highest BCUT2D eigenvalue weighted by Gasteiger charge is 2.25. The van der Waals surface area contributed by atoms with Crippen molar-refractivity contribution in [3.05, 3.63) is 34.0 Å². The summed E-state index contributed by atoms with van der Waals surface area (Å²) in [5.74, 6) is 0.0762. The van der Waals surface area contributed by atoms with Crippen molar-refractivity contribution in [2.75, 3.05) is 26.2 Å². The summed E-state index contributed by atoms with van der Waals surface area (Å²) >= 11 is 1.75. The molecule has 0 aromatic carbocycles. The van der Waals surface area contributed by atoms with Crippen molar-refractivity contribution in [2.45, 2.75) is 70.9 Å². The van der Waals surface area contributed by atoms with Gasteiger partial charge in [-0.2, -0.15) is 5.10 Å². The Kier molecular flexibility index (Phi) is 6.06. The van der Waals surface area contributed by atoms with Crippen LogP contribution in [0.25, 0.3) is 0 Å². The third-order valence-corrected chi connectivity index (χ3v) is 7.30. The van der Waals surface area contributed by atoms with E-state index in [4.69, 9.17) is 4.98 Å². The van der Waals surface area contributed by atoms with Crippen molar-refractivity contribution in [2.24, 2.45) is 0 Å². The van der Waals surface area contributed by atoms with Crippen molar-refractivity contribution in [1.82, 2.24) is 24.6 Å². The minimum atomic E-state index is 0.0762. The third kappa shape index (κ3) is 4.89. The maximum absolute atomic E-state index is 13.0. The standard InChI is InChI=1S/C22H33N5OS/c1-22(2,3)21-23-17(16-29-21)15-25-10-6-11-26(14-13-25)20(28)19-9-12-27(24-19)18-7-4-5-8-18/h9,12,16,18H,4-8,10-11,13-15H2,1-3H3. The van der Waals surface area contributed by atoms with Gasteiger partial charge in [-0.05, 0) is 25.3 Å². The maximum Gasteiger partial charge on any atom is 0.274 e. The molecular weight excluding hydrogens is 382 g/mol. The molecule has 0 radical (unpaired) electrons. The number of nitrogens with zero attached hydrogens (tertiary/aromatic N) is 5. The molecule has 4 rings (SSSR count). The number of carbonyl (C=O) groups excluding carboxylic acids is 1. The molecule has 1 saturated heterocycles. The summed E-state index contributed by atoms with van der Waals surface area (Å²) < 4.78 is 2.01. The topological polar surface area (TPSA) is 54.3 Å². The fourth-order valence-corrected chi connectivity index (χ4v) is 5.17. The SMILES string of the molecule is CC(C)(C)c1nc(CN2CCCN(C(=O)c3ccn(C4CCCC4)n3)CC2)cs1. The van der Waals surface area contributed by atoms with Crippen molar-refractivity contribution >= 4 is 17.2 Å². The van der Waals surface area contributed by atoms with E-state index in [0.29, 0.717) is 11.7 Å². The Bertz CT molecular complexity index is 830. The predicted octanol–water partition coefficient (Wildman–Crippen LogP) is 4.10. The molecule has 1 saturated carbocycles. The lowest BCUT2D eigenvalue weighted by Crippen LogP contribution is -2.35. The molecule has 1 aliphatic carbocycles. The number of amides is 1. The number of hydrogen-bond donors (Lipinski definition) is 0. The lowest BCUT2D eigenvalue weighted by molar-refractivity contribution is 0.0754. The number of hydrogen-bond acceptors (Lipinski definition) is 5. The van der Waals surface area contributed by atoms with Crippen LogP contribution in [0.5, 0.6) is 0 Å². The van der Waals surface area contributed by atoms with E-state index < -0.39 is 0 Å². The van der Waals surface area contributed by atoms with Gasteiger partial charge in [0.15, 0.2) is 0 Å². The predicted molar refractivity (Wildman–Crippen MR) is 116 cm³/mol. The van der Waals surface area contributed by atoms with Crippen LogP contribution < -0.4 is 0 Å². The summed E-state index contributed by atoms with van der Waals surface area (Å²) in [4.78, 5) is 22.2. The quantitative estimate of drug-likeness (QED) is 0.754. The molecule has 29 heavy (non-hydrogen) atoms. The molecular formula is C22H33N5OS. The van der Waals surface area contributed by atoms with Crippen molar-refractivity contribution < 1.29 is 4.79 Å². The van der Waals surface area contributed by atoms with Gasteiger partial charge in [0, 0.05) is 49.7 Å². The molecule has 2 aliphatic rings. The number of aromatic nitrogens is 3. The highest BCUT2D eigenvalue weighted by molar-refractivity contribution is 7.09. The first-order valence-electron chi connectivity index (χ1n) is 10.9. The minimum Gasteiger partial charge on any atom is -0.336 e. The Morgan fingerprint density at radius 1 is 1.14 bits per heavy atom.